The van der Waals surface area contributed by atoms with E-state index in [9.17, 15) is 0 Å². The monoisotopic (exact) mass is 346 g/mol. The number of ether oxygens (including phenoxy) is 1. The van der Waals surface area contributed by atoms with Crippen molar-refractivity contribution in [3.05, 3.63) is 29.2 Å². The lowest BCUT2D eigenvalue weighted by atomic mass is 10.0. The Kier molecular flexibility index (Phi) is 5.83. The summed E-state index contributed by atoms with van der Waals surface area (Å²) in [5, 5.41) is 19.8. The average Bonchev–Trinajstić information content (AvgIpc) is 3.28. The minimum atomic E-state index is 0.0400. The number of hydrogen-bond donors (Lipinski definition) is 3. The van der Waals surface area contributed by atoms with Crippen LogP contribution in [-0.2, 0) is 17.8 Å². The van der Waals surface area contributed by atoms with Gasteiger partial charge in [-0.05, 0) is 20.3 Å². The Labute approximate surface area is 147 Å². The maximum atomic E-state index is 9.02. The molecule has 1 saturated heterocycles. The summed E-state index contributed by atoms with van der Waals surface area (Å²) in [4.78, 5) is 9.07. The first kappa shape index (κ1) is 17.6. The van der Waals surface area contributed by atoms with Gasteiger partial charge in [0.1, 0.15) is 5.82 Å². The highest BCUT2D eigenvalue weighted by Gasteiger charge is 2.21. The van der Waals surface area contributed by atoms with Crippen LogP contribution < -0.4 is 10.6 Å². The maximum absolute atomic E-state index is 9.02. The van der Waals surface area contributed by atoms with Crippen molar-refractivity contribution in [1.29, 1.82) is 0 Å². The highest BCUT2D eigenvalue weighted by atomic mass is 16.5. The molecule has 3 N–H and O–H groups in total. The minimum absolute atomic E-state index is 0.0400. The van der Waals surface area contributed by atoms with Crippen LogP contribution in [0.2, 0.25) is 0 Å². The number of hydrogen-bond acceptors (Lipinski definition) is 7. The summed E-state index contributed by atoms with van der Waals surface area (Å²) in [6.07, 6.45) is 2.86. The number of nitrogens with zero attached hydrogens (tertiary/aromatic N) is 4. The van der Waals surface area contributed by atoms with Gasteiger partial charge in [-0.25, -0.2) is 4.98 Å². The van der Waals surface area contributed by atoms with Gasteiger partial charge in [-0.1, -0.05) is 0 Å². The van der Waals surface area contributed by atoms with E-state index >= 15 is 0 Å². The van der Waals surface area contributed by atoms with Crippen molar-refractivity contribution in [2.45, 2.75) is 39.3 Å². The van der Waals surface area contributed by atoms with Crippen molar-refractivity contribution in [3.63, 3.8) is 0 Å². The van der Waals surface area contributed by atoms with Gasteiger partial charge >= 0.3 is 0 Å². The Hall–Kier alpha value is -2.19. The lowest BCUT2D eigenvalue weighted by Crippen LogP contribution is -2.13. The first-order valence-electron chi connectivity index (χ1n) is 8.78. The fourth-order valence-corrected chi connectivity index (χ4v) is 2.94. The van der Waals surface area contributed by atoms with E-state index in [-0.39, 0.29) is 6.61 Å². The number of nitrogens with one attached hydrogen (secondary N) is 2. The van der Waals surface area contributed by atoms with Crippen LogP contribution in [-0.4, -0.2) is 51.2 Å². The van der Waals surface area contributed by atoms with Gasteiger partial charge in [-0.15, -0.1) is 0 Å². The summed E-state index contributed by atoms with van der Waals surface area (Å²) >= 11 is 0. The van der Waals surface area contributed by atoms with Gasteiger partial charge in [-0.2, -0.15) is 10.1 Å². The molecule has 0 bridgehead atoms. The lowest BCUT2D eigenvalue weighted by molar-refractivity contribution is 0.193. The molecule has 0 amide bonds. The second kappa shape index (κ2) is 8.26. The third-order valence-corrected chi connectivity index (χ3v) is 4.45. The van der Waals surface area contributed by atoms with Gasteiger partial charge in [0.2, 0.25) is 5.95 Å². The largest absolute Gasteiger partial charge is 0.395 e. The van der Waals surface area contributed by atoms with E-state index in [4.69, 9.17) is 9.84 Å². The molecule has 2 aromatic heterocycles. The molecular formula is C17H26N6O2. The van der Waals surface area contributed by atoms with Gasteiger partial charge < -0.3 is 20.5 Å². The highest BCUT2D eigenvalue weighted by Crippen LogP contribution is 2.26. The summed E-state index contributed by atoms with van der Waals surface area (Å²) in [6, 6.07) is 1.99. The molecule has 1 aliphatic heterocycles. The van der Waals surface area contributed by atoms with Crippen molar-refractivity contribution >= 4 is 11.8 Å². The highest BCUT2D eigenvalue weighted by molar-refractivity contribution is 5.44. The van der Waals surface area contributed by atoms with Crippen molar-refractivity contribution in [3.8, 4) is 0 Å². The summed E-state index contributed by atoms with van der Waals surface area (Å²) in [7, 11) is 0. The van der Waals surface area contributed by atoms with E-state index in [0.717, 1.165) is 42.3 Å². The Balaban J connectivity index is 1.76. The van der Waals surface area contributed by atoms with Crippen LogP contribution in [0.1, 0.15) is 36.2 Å². The molecule has 0 spiro atoms. The Morgan fingerprint density at radius 3 is 2.92 bits per heavy atom. The summed E-state index contributed by atoms with van der Waals surface area (Å²) in [5.41, 5.74) is 3.28. The zero-order valence-corrected chi connectivity index (χ0v) is 14.8. The fourth-order valence-electron chi connectivity index (χ4n) is 2.94. The molecule has 8 heteroatoms. The number of aromatic nitrogens is 4. The number of aryl methyl sites for hydroxylation is 1. The molecule has 25 heavy (non-hydrogen) atoms. The van der Waals surface area contributed by atoms with Crippen LogP contribution >= 0.6 is 0 Å². The molecule has 136 valence electrons. The third kappa shape index (κ3) is 4.26. The van der Waals surface area contributed by atoms with Gasteiger partial charge in [0.05, 0.1) is 25.1 Å². The van der Waals surface area contributed by atoms with Gasteiger partial charge in [0, 0.05) is 49.5 Å². The molecule has 1 aliphatic rings. The second-order valence-corrected chi connectivity index (χ2v) is 6.14. The number of anilines is 2. The SMILES string of the molecule is CCn1ncc(CNc2cc(C3CCOC3)nc(NCCO)n2)c1C. The lowest BCUT2D eigenvalue weighted by Gasteiger charge is -2.13. The average molecular weight is 346 g/mol. The van der Waals surface area contributed by atoms with Crippen LogP contribution in [0.5, 0.6) is 0 Å². The molecule has 0 aliphatic carbocycles. The normalized spacial score (nSPS) is 17.0. The molecule has 8 nitrogen and oxygen atoms in total. The van der Waals surface area contributed by atoms with Crippen molar-refractivity contribution in [1.82, 2.24) is 19.7 Å². The van der Waals surface area contributed by atoms with E-state index in [1.807, 2.05) is 16.9 Å². The maximum Gasteiger partial charge on any atom is 0.224 e. The standard InChI is InChI=1S/C17H26N6O2/c1-3-23-12(2)14(10-20-23)9-19-16-8-15(13-4-7-25-11-13)21-17(22-16)18-5-6-24/h8,10,13,24H,3-7,9,11H2,1-2H3,(H2,18,19,21,22). The van der Waals surface area contributed by atoms with Crippen LogP contribution in [0.3, 0.4) is 0 Å². The number of aliphatic hydroxyl groups is 1. The van der Waals surface area contributed by atoms with Crippen LogP contribution in [0.15, 0.2) is 12.3 Å². The van der Waals surface area contributed by atoms with Crippen molar-refractivity contribution in [2.75, 3.05) is 37.0 Å². The van der Waals surface area contributed by atoms with Crippen LogP contribution in [0.4, 0.5) is 11.8 Å². The predicted octanol–water partition coefficient (Wildman–Crippen LogP) is 1.52. The van der Waals surface area contributed by atoms with E-state index in [2.05, 4.69) is 39.5 Å². The predicted molar refractivity (Wildman–Crippen MR) is 95.7 cm³/mol. The Bertz CT molecular complexity index is 696. The topological polar surface area (TPSA) is 97.1 Å². The smallest absolute Gasteiger partial charge is 0.224 e. The van der Waals surface area contributed by atoms with Crippen molar-refractivity contribution in [2.24, 2.45) is 0 Å². The second-order valence-electron chi connectivity index (χ2n) is 6.14. The molecular weight excluding hydrogens is 320 g/mol. The van der Waals surface area contributed by atoms with E-state index in [1.54, 1.807) is 0 Å². The first-order valence-corrected chi connectivity index (χ1v) is 8.78. The van der Waals surface area contributed by atoms with E-state index < -0.39 is 0 Å². The quantitative estimate of drug-likeness (QED) is 0.667. The van der Waals surface area contributed by atoms with Crippen LogP contribution in [0, 0.1) is 6.92 Å². The molecule has 0 saturated carbocycles. The fraction of sp³-hybridized carbons (Fsp3) is 0.588. The molecule has 0 aromatic carbocycles. The Morgan fingerprint density at radius 2 is 2.24 bits per heavy atom. The minimum Gasteiger partial charge on any atom is -0.395 e. The summed E-state index contributed by atoms with van der Waals surface area (Å²) in [5.74, 6) is 1.59. The van der Waals surface area contributed by atoms with Crippen molar-refractivity contribution < 1.29 is 9.84 Å². The molecule has 1 unspecified atom stereocenters. The zero-order valence-electron chi connectivity index (χ0n) is 14.8. The van der Waals surface area contributed by atoms with E-state index in [0.29, 0.717) is 31.6 Å². The van der Waals surface area contributed by atoms with Gasteiger partial charge in [-0.3, -0.25) is 4.68 Å². The first-order chi connectivity index (χ1) is 12.2. The third-order valence-electron chi connectivity index (χ3n) is 4.45. The molecule has 0 radical (unpaired) electrons. The van der Waals surface area contributed by atoms with Gasteiger partial charge in [0.15, 0.2) is 0 Å². The molecule has 2 aromatic rings. The Morgan fingerprint density at radius 1 is 1.36 bits per heavy atom. The number of aliphatic hydroxyl groups excluding tert-OH is 1. The molecule has 3 rings (SSSR count). The summed E-state index contributed by atoms with van der Waals surface area (Å²) in [6.45, 7) is 7.60. The molecule has 1 atom stereocenters. The van der Waals surface area contributed by atoms with Gasteiger partial charge in [0.25, 0.3) is 0 Å². The van der Waals surface area contributed by atoms with E-state index in [1.165, 1.54) is 0 Å². The molecule has 3 heterocycles. The van der Waals surface area contributed by atoms with Crippen LogP contribution in [0.25, 0.3) is 0 Å². The summed E-state index contributed by atoms with van der Waals surface area (Å²) < 4.78 is 7.46. The zero-order chi connectivity index (χ0) is 17.6. The molecule has 1 fully saturated rings. The number of rotatable bonds is 8.